The maximum Gasteiger partial charge on any atom is 0.228 e. The van der Waals surface area contributed by atoms with Gasteiger partial charge in [-0.3, -0.25) is 9.59 Å². The summed E-state index contributed by atoms with van der Waals surface area (Å²) in [5, 5.41) is 5.78. The summed E-state index contributed by atoms with van der Waals surface area (Å²) in [7, 11) is 4.01. The zero-order chi connectivity index (χ0) is 18.4. The molecule has 6 nitrogen and oxygen atoms in total. The number of rotatable bonds is 9. The van der Waals surface area contributed by atoms with E-state index < -0.39 is 0 Å². The molecule has 2 N–H and O–H groups in total. The third-order valence-corrected chi connectivity index (χ3v) is 4.04. The van der Waals surface area contributed by atoms with Crippen LogP contribution in [-0.4, -0.2) is 50.0 Å². The quantitative estimate of drug-likeness (QED) is 0.671. The summed E-state index contributed by atoms with van der Waals surface area (Å²) in [5.41, 5.74) is 0.721. The highest BCUT2D eigenvalue weighted by Gasteiger charge is 2.47. The van der Waals surface area contributed by atoms with Gasteiger partial charge in [0.05, 0.1) is 17.9 Å². The Morgan fingerprint density at radius 3 is 2.40 bits per heavy atom. The number of hydrogen-bond acceptors (Lipinski definition) is 4. The minimum atomic E-state index is -0.222. The van der Waals surface area contributed by atoms with Crippen molar-refractivity contribution in [1.29, 1.82) is 0 Å². The lowest BCUT2D eigenvalue weighted by Gasteiger charge is -2.11. The lowest BCUT2D eigenvalue weighted by molar-refractivity contribution is -0.125. The number of amides is 2. The van der Waals surface area contributed by atoms with Gasteiger partial charge >= 0.3 is 0 Å². The first-order chi connectivity index (χ1) is 11.9. The van der Waals surface area contributed by atoms with E-state index in [1.807, 2.05) is 52.2 Å². The van der Waals surface area contributed by atoms with Crippen molar-refractivity contribution >= 4 is 17.5 Å². The number of nitrogens with zero attached hydrogens (tertiary/aromatic N) is 1. The van der Waals surface area contributed by atoms with Gasteiger partial charge in [-0.05, 0) is 71.6 Å². The number of carbonyl (C=O) groups excluding carboxylic acids is 2. The van der Waals surface area contributed by atoms with Crippen molar-refractivity contribution in [2.45, 2.75) is 32.8 Å². The van der Waals surface area contributed by atoms with Crippen molar-refractivity contribution in [2.24, 2.45) is 11.8 Å². The Morgan fingerprint density at radius 1 is 1.16 bits per heavy atom. The van der Waals surface area contributed by atoms with Crippen LogP contribution in [0.1, 0.15) is 26.7 Å². The normalized spacial score (nSPS) is 19.0. The molecule has 1 aliphatic rings. The first kappa shape index (κ1) is 19.2. The fraction of sp³-hybridized carbons (Fsp3) is 0.579. The summed E-state index contributed by atoms with van der Waals surface area (Å²) in [6.07, 6.45) is 1.65. The van der Waals surface area contributed by atoms with Crippen molar-refractivity contribution in [2.75, 3.05) is 32.5 Å². The Labute approximate surface area is 149 Å². The molecule has 0 bridgehead atoms. The standard InChI is InChI=1S/C19H29N3O3/c1-13(2)25-15-8-6-14(7-9-15)21-19(24)17-12-16(17)18(23)20-10-5-11-22(3)4/h6-9,13,16-17H,5,10-12H2,1-4H3,(H,20,23)(H,21,24). The molecule has 1 fully saturated rings. The summed E-state index contributed by atoms with van der Waals surface area (Å²) in [6, 6.07) is 7.29. The molecular weight excluding hydrogens is 318 g/mol. The van der Waals surface area contributed by atoms with Crippen molar-refractivity contribution in [1.82, 2.24) is 10.2 Å². The molecule has 1 aromatic carbocycles. The van der Waals surface area contributed by atoms with Gasteiger partial charge in [-0.25, -0.2) is 0 Å². The van der Waals surface area contributed by atoms with E-state index in [-0.39, 0.29) is 29.8 Å². The number of nitrogens with one attached hydrogen (secondary N) is 2. The van der Waals surface area contributed by atoms with Crippen molar-refractivity contribution in [3.05, 3.63) is 24.3 Å². The molecule has 0 aromatic heterocycles. The first-order valence-electron chi connectivity index (χ1n) is 8.87. The van der Waals surface area contributed by atoms with E-state index >= 15 is 0 Å². The number of anilines is 1. The summed E-state index contributed by atoms with van der Waals surface area (Å²) in [6.45, 7) is 5.52. The minimum absolute atomic E-state index is 0.0143. The molecule has 2 unspecified atom stereocenters. The van der Waals surface area contributed by atoms with Gasteiger partial charge in [0.2, 0.25) is 11.8 Å². The third-order valence-electron chi connectivity index (χ3n) is 4.04. The van der Waals surface area contributed by atoms with Crippen molar-refractivity contribution in [3.8, 4) is 5.75 Å². The molecule has 0 saturated heterocycles. The molecular formula is C19H29N3O3. The maximum absolute atomic E-state index is 12.2. The SMILES string of the molecule is CC(C)Oc1ccc(NC(=O)C2CC2C(=O)NCCCN(C)C)cc1. The molecule has 0 radical (unpaired) electrons. The Hall–Kier alpha value is -2.08. The monoisotopic (exact) mass is 347 g/mol. The molecule has 2 amide bonds. The summed E-state index contributed by atoms with van der Waals surface area (Å²) in [5.74, 6) is 0.253. The van der Waals surface area contributed by atoms with Gasteiger partial charge in [-0.2, -0.15) is 0 Å². The van der Waals surface area contributed by atoms with E-state index in [1.54, 1.807) is 0 Å². The fourth-order valence-corrected chi connectivity index (χ4v) is 2.64. The summed E-state index contributed by atoms with van der Waals surface area (Å²) >= 11 is 0. The van der Waals surface area contributed by atoms with Gasteiger partial charge in [-0.1, -0.05) is 0 Å². The Kier molecular flexibility index (Phi) is 6.82. The van der Waals surface area contributed by atoms with Gasteiger partial charge in [-0.15, -0.1) is 0 Å². The number of hydrogen-bond donors (Lipinski definition) is 2. The van der Waals surface area contributed by atoms with E-state index in [4.69, 9.17) is 4.74 Å². The van der Waals surface area contributed by atoms with Gasteiger partial charge in [0.15, 0.2) is 0 Å². The lowest BCUT2D eigenvalue weighted by atomic mass is 10.2. The van der Waals surface area contributed by atoms with E-state index in [0.29, 0.717) is 13.0 Å². The largest absolute Gasteiger partial charge is 0.491 e. The minimum Gasteiger partial charge on any atom is -0.491 e. The van der Waals surface area contributed by atoms with Crippen LogP contribution in [0.3, 0.4) is 0 Å². The Bertz CT molecular complexity index is 584. The Balaban J connectivity index is 1.72. The van der Waals surface area contributed by atoms with Gasteiger partial charge < -0.3 is 20.3 Å². The van der Waals surface area contributed by atoms with E-state index in [0.717, 1.165) is 24.4 Å². The average Bonchev–Trinajstić information content (AvgIpc) is 3.33. The molecule has 1 aliphatic carbocycles. The molecule has 6 heteroatoms. The number of ether oxygens (including phenoxy) is 1. The van der Waals surface area contributed by atoms with Crippen molar-refractivity contribution < 1.29 is 14.3 Å². The average molecular weight is 347 g/mol. The topological polar surface area (TPSA) is 70.7 Å². The van der Waals surface area contributed by atoms with Crippen LogP contribution in [0.25, 0.3) is 0 Å². The van der Waals surface area contributed by atoms with Crippen LogP contribution in [0.15, 0.2) is 24.3 Å². The zero-order valence-electron chi connectivity index (χ0n) is 15.5. The summed E-state index contributed by atoms with van der Waals surface area (Å²) in [4.78, 5) is 26.4. The van der Waals surface area contributed by atoms with Crippen LogP contribution in [-0.2, 0) is 9.59 Å². The second-order valence-electron chi connectivity index (χ2n) is 7.08. The molecule has 1 aromatic rings. The van der Waals surface area contributed by atoms with Gasteiger partial charge in [0.25, 0.3) is 0 Å². The van der Waals surface area contributed by atoms with Crippen molar-refractivity contribution in [3.63, 3.8) is 0 Å². The highest BCUT2D eigenvalue weighted by molar-refractivity contribution is 5.99. The molecule has 0 spiro atoms. The second kappa shape index (κ2) is 8.85. The van der Waals surface area contributed by atoms with Crippen LogP contribution in [0, 0.1) is 11.8 Å². The van der Waals surface area contributed by atoms with Gasteiger partial charge in [0.1, 0.15) is 5.75 Å². The van der Waals surface area contributed by atoms with Gasteiger partial charge in [0, 0.05) is 12.2 Å². The van der Waals surface area contributed by atoms with E-state index in [9.17, 15) is 9.59 Å². The van der Waals surface area contributed by atoms with Crippen LogP contribution < -0.4 is 15.4 Å². The molecule has 0 aliphatic heterocycles. The smallest absolute Gasteiger partial charge is 0.228 e. The molecule has 2 rings (SSSR count). The predicted molar refractivity (Wildman–Crippen MR) is 98.6 cm³/mol. The Morgan fingerprint density at radius 2 is 1.80 bits per heavy atom. The highest BCUT2D eigenvalue weighted by Crippen LogP contribution is 2.39. The second-order valence-corrected chi connectivity index (χ2v) is 7.08. The van der Waals surface area contributed by atoms with Crippen LogP contribution in [0.2, 0.25) is 0 Å². The van der Waals surface area contributed by atoms with Crippen LogP contribution >= 0.6 is 0 Å². The predicted octanol–water partition coefficient (Wildman–Crippen LogP) is 2.12. The highest BCUT2D eigenvalue weighted by atomic mass is 16.5. The molecule has 0 heterocycles. The zero-order valence-corrected chi connectivity index (χ0v) is 15.5. The van der Waals surface area contributed by atoms with Crippen LogP contribution in [0.5, 0.6) is 5.75 Å². The van der Waals surface area contributed by atoms with E-state index in [2.05, 4.69) is 15.5 Å². The molecule has 25 heavy (non-hydrogen) atoms. The molecule has 1 saturated carbocycles. The number of benzene rings is 1. The van der Waals surface area contributed by atoms with E-state index in [1.165, 1.54) is 0 Å². The van der Waals surface area contributed by atoms with Crippen LogP contribution in [0.4, 0.5) is 5.69 Å². The summed E-state index contributed by atoms with van der Waals surface area (Å²) < 4.78 is 5.58. The first-order valence-corrected chi connectivity index (χ1v) is 8.87. The fourth-order valence-electron chi connectivity index (χ4n) is 2.64. The molecule has 138 valence electrons. The lowest BCUT2D eigenvalue weighted by Crippen LogP contribution is -2.30. The number of carbonyl (C=O) groups is 2. The maximum atomic E-state index is 12.2. The molecule has 2 atom stereocenters. The third kappa shape index (κ3) is 6.38.